The Balaban J connectivity index is 1.53. The molecule has 1 aliphatic rings. The van der Waals surface area contributed by atoms with Gasteiger partial charge in [0.1, 0.15) is 10.7 Å². The Kier molecular flexibility index (Phi) is 7.14. The Bertz CT molecular complexity index is 1240. The number of hydrogen-bond donors (Lipinski definition) is 0. The number of aromatic nitrogens is 1. The summed E-state index contributed by atoms with van der Waals surface area (Å²) in [4.78, 5) is 6.06. The Hall–Kier alpha value is -3.12. The van der Waals surface area contributed by atoms with E-state index in [0.717, 1.165) is 11.1 Å². The van der Waals surface area contributed by atoms with Gasteiger partial charge in [-0.1, -0.05) is 30.3 Å². The molecule has 4 rings (SSSR count). The van der Waals surface area contributed by atoms with Gasteiger partial charge in [-0.05, 0) is 54.3 Å². The average molecular weight is 465 g/mol. The molecule has 0 radical (unpaired) electrons. The molecule has 3 aromatic rings. The first kappa shape index (κ1) is 23.1. The molecule has 0 atom stereocenters. The minimum atomic E-state index is -4.04. The van der Waals surface area contributed by atoms with E-state index in [0.29, 0.717) is 38.0 Å². The second-order valence-electron chi connectivity index (χ2n) is 8.16. The summed E-state index contributed by atoms with van der Waals surface area (Å²) in [5.74, 6) is -0.747. The van der Waals surface area contributed by atoms with Gasteiger partial charge >= 0.3 is 0 Å². The normalized spacial score (nSPS) is 15.4. The molecular weight excluding hydrogens is 439 g/mol. The number of rotatable bonds is 7. The molecule has 170 valence electrons. The fourth-order valence-corrected chi connectivity index (χ4v) is 5.97. The Morgan fingerprint density at radius 3 is 2.52 bits per heavy atom. The molecule has 33 heavy (non-hydrogen) atoms. The summed E-state index contributed by atoms with van der Waals surface area (Å²) < 4.78 is 42.9. The fourth-order valence-electron chi connectivity index (χ4n) is 4.23. The van der Waals surface area contributed by atoms with Crippen LogP contribution in [0.25, 0.3) is 0 Å². The number of likely N-dealkylation sites (tertiary alicyclic amines) is 1. The third-order valence-corrected chi connectivity index (χ3v) is 7.84. The van der Waals surface area contributed by atoms with Crippen LogP contribution in [-0.2, 0) is 23.1 Å². The molecule has 1 saturated heterocycles. The minimum absolute atomic E-state index is 0.138. The summed E-state index contributed by atoms with van der Waals surface area (Å²) in [6.07, 6.45) is 4.54. The molecule has 2 heterocycles. The van der Waals surface area contributed by atoms with Crippen LogP contribution in [0.5, 0.6) is 0 Å². The third-order valence-electron chi connectivity index (χ3n) is 5.91. The highest BCUT2D eigenvalue weighted by Gasteiger charge is 2.35. The number of halogens is 1. The lowest BCUT2D eigenvalue weighted by molar-refractivity contribution is 0.150. The van der Waals surface area contributed by atoms with E-state index >= 15 is 0 Å². The number of nitrogens with zero attached hydrogens (tertiary/aromatic N) is 4. The van der Waals surface area contributed by atoms with Gasteiger partial charge in [0.2, 0.25) is 10.0 Å². The predicted molar refractivity (Wildman–Crippen MR) is 123 cm³/mol. The van der Waals surface area contributed by atoms with Crippen LogP contribution in [0, 0.1) is 17.1 Å². The number of sulfonamides is 1. The lowest BCUT2D eigenvalue weighted by Gasteiger charge is -2.38. The zero-order valence-electron chi connectivity index (χ0n) is 18.1. The van der Waals surface area contributed by atoms with E-state index in [1.54, 1.807) is 24.5 Å². The molecule has 6 nitrogen and oxygen atoms in total. The van der Waals surface area contributed by atoms with E-state index in [4.69, 9.17) is 5.26 Å². The molecule has 0 bridgehead atoms. The Morgan fingerprint density at radius 1 is 1.06 bits per heavy atom. The summed E-state index contributed by atoms with van der Waals surface area (Å²) in [6.45, 7) is 2.25. The molecule has 1 aromatic heterocycles. The summed E-state index contributed by atoms with van der Waals surface area (Å²) in [7, 11) is -4.04. The van der Waals surface area contributed by atoms with Crippen molar-refractivity contribution in [2.75, 3.05) is 13.1 Å². The van der Waals surface area contributed by atoms with Gasteiger partial charge in [-0.2, -0.15) is 9.57 Å². The summed E-state index contributed by atoms with van der Waals surface area (Å²) >= 11 is 0. The molecule has 1 fully saturated rings. The van der Waals surface area contributed by atoms with Crippen LogP contribution in [-0.4, -0.2) is 41.7 Å². The summed E-state index contributed by atoms with van der Waals surface area (Å²) in [6, 6.07) is 18.5. The van der Waals surface area contributed by atoms with Crippen LogP contribution >= 0.6 is 0 Å². The summed E-state index contributed by atoms with van der Waals surface area (Å²) in [5.41, 5.74) is 2.44. The van der Waals surface area contributed by atoms with Gasteiger partial charge < -0.3 is 0 Å². The van der Waals surface area contributed by atoms with Gasteiger partial charge in [0.05, 0.1) is 11.6 Å². The number of benzene rings is 2. The molecule has 0 saturated carbocycles. The van der Waals surface area contributed by atoms with Crippen LogP contribution in [0.15, 0.2) is 78.0 Å². The molecule has 0 amide bonds. The van der Waals surface area contributed by atoms with Crippen LogP contribution in [0.2, 0.25) is 0 Å². The molecule has 0 unspecified atom stereocenters. The van der Waals surface area contributed by atoms with E-state index in [1.807, 2.05) is 24.3 Å². The largest absolute Gasteiger partial charge is 0.299 e. The zero-order chi connectivity index (χ0) is 23.3. The molecule has 0 spiro atoms. The highest BCUT2D eigenvalue weighted by molar-refractivity contribution is 7.89. The molecule has 8 heteroatoms. The van der Waals surface area contributed by atoms with Crippen LogP contribution < -0.4 is 0 Å². The van der Waals surface area contributed by atoms with E-state index in [-0.39, 0.29) is 17.5 Å². The van der Waals surface area contributed by atoms with Gasteiger partial charge in [-0.15, -0.1) is 0 Å². The maximum absolute atomic E-state index is 14.5. The van der Waals surface area contributed by atoms with Crippen molar-refractivity contribution in [3.63, 3.8) is 0 Å². The SMILES string of the molecule is N#Cc1cccc(CN2CCC(N(Cc3cccnc3)S(=O)(=O)c3ccccc3F)CC2)c1. The maximum Gasteiger partial charge on any atom is 0.246 e. The van der Waals surface area contributed by atoms with Gasteiger partial charge in [0.15, 0.2) is 0 Å². The van der Waals surface area contributed by atoms with Gasteiger partial charge in [0.25, 0.3) is 0 Å². The quantitative estimate of drug-likeness (QED) is 0.529. The Morgan fingerprint density at radius 2 is 1.82 bits per heavy atom. The minimum Gasteiger partial charge on any atom is -0.299 e. The molecule has 2 aromatic carbocycles. The van der Waals surface area contributed by atoms with Crippen molar-refractivity contribution in [3.8, 4) is 6.07 Å². The molecular formula is C25H25FN4O2S. The summed E-state index contributed by atoms with van der Waals surface area (Å²) in [5, 5.41) is 9.12. The zero-order valence-corrected chi connectivity index (χ0v) is 19.0. The highest BCUT2D eigenvalue weighted by Crippen LogP contribution is 2.28. The average Bonchev–Trinajstić information content (AvgIpc) is 2.84. The second kappa shape index (κ2) is 10.2. The van der Waals surface area contributed by atoms with E-state index < -0.39 is 15.8 Å². The molecule has 1 aliphatic heterocycles. The van der Waals surface area contributed by atoms with Gasteiger partial charge in [-0.25, -0.2) is 12.8 Å². The van der Waals surface area contributed by atoms with Gasteiger partial charge in [-0.3, -0.25) is 9.88 Å². The van der Waals surface area contributed by atoms with Crippen LogP contribution in [0.1, 0.15) is 29.5 Å². The first-order valence-corrected chi connectivity index (χ1v) is 12.3. The van der Waals surface area contributed by atoms with Crippen molar-refractivity contribution in [1.29, 1.82) is 5.26 Å². The van der Waals surface area contributed by atoms with E-state index in [9.17, 15) is 12.8 Å². The molecule has 0 N–H and O–H groups in total. The van der Waals surface area contributed by atoms with Crippen LogP contribution in [0.4, 0.5) is 4.39 Å². The van der Waals surface area contributed by atoms with Crippen molar-refractivity contribution in [2.45, 2.75) is 36.9 Å². The lowest BCUT2D eigenvalue weighted by atomic mass is 10.0. The standard InChI is InChI=1S/C25H25FN4O2S/c26-24-8-1-2-9-25(24)33(31,32)30(19-22-7-4-12-28-17-22)23-10-13-29(14-11-23)18-21-6-3-5-20(15-21)16-27/h1-9,12,15,17,23H,10-11,13-14,18-19H2. The van der Waals surface area contributed by atoms with Gasteiger partial charge in [0, 0.05) is 44.6 Å². The lowest BCUT2D eigenvalue weighted by Crippen LogP contribution is -2.47. The van der Waals surface area contributed by atoms with Crippen LogP contribution in [0.3, 0.4) is 0 Å². The number of pyridine rings is 1. The van der Waals surface area contributed by atoms with E-state index in [2.05, 4.69) is 16.0 Å². The number of hydrogen-bond acceptors (Lipinski definition) is 5. The first-order chi connectivity index (χ1) is 16.0. The smallest absolute Gasteiger partial charge is 0.246 e. The molecule has 0 aliphatic carbocycles. The monoisotopic (exact) mass is 464 g/mol. The van der Waals surface area contributed by atoms with E-state index in [1.165, 1.54) is 28.6 Å². The van der Waals surface area contributed by atoms with Crippen molar-refractivity contribution < 1.29 is 12.8 Å². The number of piperidine rings is 1. The fraction of sp³-hybridized carbons (Fsp3) is 0.280. The Labute approximate surface area is 194 Å². The van der Waals surface area contributed by atoms with Crippen molar-refractivity contribution >= 4 is 10.0 Å². The maximum atomic E-state index is 14.5. The predicted octanol–water partition coefficient (Wildman–Crippen LogP) is 3.95. The number of nitriles is 1. The second-order valence-corrected chi connectivity index (χ2v) is 10.0. The highest BCUT2D eigenvalue weighted by atomic mass is 32.2. The topological polar surface area (TPSA) is 77.3 Å². The van der Waals surface area contributed by atoms with Crippen molar-refractivity contribution in [2.24, 2.45) is 0 Å². The third kappa shape index (κ3) is 5.45. The first-order valence-electron chi connectivity index (χ1n) is 10.8. The van der Waals surface area contributed by atoms with Crippen molar-refractivity contribution in [3.05, 3.63) is 95.6 Å². The van der Waals surface area contributed by atoms with Crippen molar-refractivity contribution in [1.82, 2.24) is 14.2 Å².